The van der Waals surface area contributed by atoms with E-state index in [9.17, 15) is 43.2 Å². The van der Waals surface area contributed by atoms with Gasteiger partial charge in [-0.05, 0) is 131 Å². The number of methoxy groups -OCH3 is 1. The van der Waals surface area contributed by atoms with Crippen molar-refractivity contribution in [3.63, 3.8) is 0 Å². The smallest absolute Gasteiger partial charge is 0.412 e. The molecule has 7 amide bonds. The van der Waals surface area contributed by atoms with Crippen LogP contribution in [0.5, 0.6) is 11.5 Å². The molecule has 2 aromatic carbocycles. The van der Waals surface area contributed by atoms with Gasteiger partial charge in [-0.1, -0.05) is 37.1 Å². The Kier molecular flexibility index (Phi) is 20.6. The second-order valence-corrected chi connectivity index (χ2v) is 25.8. The number of carbonyl (C=O) groups is 9. The molecule has 10 rings (SSSR count). The van der Waals surface area contributed by atoms with Gasteiger partial charge in [0.2, 0.25) is 35.4 Å². The Morgan fingerprint density at radius 1 is 0.609 bits per heavy atom. The number of carbonyl (C=O) groups excluding carboxylic acids is 9. The van der Waals surface area contributed by atoms with Crippen LogP contribution in [-0.4, -0.2) is 196 Å². The van der Waals surface area contributed by atoms with Crippen LogP contribution in [0.15, 0.2) is 42.5 Å². The summed E-state index contributed by atoms with van der Waals surface area (Å²) in [7, 11) is 1.56. The normalized spacial score (nSPS) is 27.2. The van der Waals surface area contributed by atoms with Crippen molar-refractivity contribution < 1.29 is 71.6 Å². The number of Topliss-reactive ketones (excluding diaryl/α,β-unsaturated/α-hetero) is 2. The Bertz CT molecular complexity index is 2850. The van der Waals surface area contributed by atoms with Crippen LogP contribution in [0, 0.1) is 29.6 Å². The maximum Gasteiger partial charge on any atom is 0.412 e. The third-order valence-corrected chi connectivity index (χ3v) is 18.9. The molecule has 24 heteroatoms. The van der Waals surface area contributed by atoms with Gasteiger partial charge in [0.1, 0.15) is 46.9 Å². The van der Waals surface area contributed by atoms with Crippen molar-refractivity contribution in [1.82, 2.24) is 47.0 Å². The number of hydrogen-bond acceptors (Lipinski definition) is 17. The van der Waals surface area contributed by atoms with E-state index < -0.39 is 77.2 Å². The number of benzene rings is 2. The van der Waals surface area contributed by atoms with Crippen LogP contribution in [0.3, 0.4) is 0 Å². The molecule has 474 valence electrons. The minimum absolute atomic E-state index is 0.0254. The number of ketones is 2. The monoisotopic (exact) mass is 1210 g/mol. The first kappa shape index (κ1) is 63.4. The number of hydrogen-bond donors (Lipinski definition) is 7. The molecule has 87 heavy (non-hydrogen) atoms. The molecule has 12 unspecified atom stereocenters. The summed E-state index contributed by atoms with van der Waals surface area (Å²) in [5.41, 5.74) is 0.00428. The predicted molar refractivity (Wildman–Crippen MR) is 314 cm³/mol. The van der Waals surface area contributed by atoms with Crippen molar-refractivity contribution in [2.24, 2.45) is 29.6 Å². The summed E-state index contributed by atoms with van der Waals surface area (Å²) in [4.78, 5) is 128. The van der Waals surface area contributed by atoms with E-state index in [1.54, 1.807) is 58.2 Å². The van der Waals surface area contributed by atoms with Crippen molar-refractivity contribution in [1.29, 1.82) is 0 Å². The second kappa shape index (κ2) is 28.3. The Morgan fingerprint density at radius 2 is 1.09 bits per heavy atom. The highest BCUT2D eigenvalue weighted by molar-refractivity contribution is 6.00. The fraction of sp³-hybridized carbons (Fsp3) is 0.667. The number of ether oxygens (including phenoxy) is 6. The molecule has 5 aliphatic heterocycles. The van der Waals surface area contributed by atoms with E-state index in [1.165, 1.54) is 0 Å². The van der Waals surface area contributed by atoms with Crippen LogP contribution < -0.4 is 46.7 Å². The highest BCUT2D eigenvalue weighted by Gasteiger charge is 2.53. The van der Waals surface area contributed by atoms with Crippen molar-refractivity contribution >= 4 is 53.1 Å². The zero-order valence-corrected chi connectivity index (χ0v) is 50.6. The van der Waals surface area contributed by atoms with Crippen molar-refractivity contribution in [2.75, 3.05) is 86.0 Å². The van der Waals surface area contributed by atoms with Crippen LogP contribution in [-0.2, 0) is 76.7 Å². The molecule has 0 aromatic heterocycles. The van der Waals surface area contributed by atoms with Gasteiger partial charge in [-0.15, -0.1) is 0 Å². The molecule has 0 spiro atoms. The largest absolute Gasteiger partial charge is 0.497 e. The molecule has 0 radical (unpaired) electrons. The fourth-order valence-electron chi connectivity index (χ4n) is 13.3. The topological polar surface area (TPSA) is 306 Å². The maximum atomic E-state index is 14.7. The van der Waals surface area contributed by atoms with Crippen molar-refractivity contribution in [2.45, 2.75) is 152 Å². The van der Waals surface area contributed by atoms with E-state index >= 15 is 0 Å². The average Bonchev–Trinajstić information content (AvgIpc) is 2.55. The van der Waals surface area contributed by atoms with Gasteiger partial charge in [-0.3, -0.25) is 48.2 Å². The fourth-order valence-corrected chi connectivity index (χ4v) is 13.3. The first-order valence-electron chi connectivity index (χ1n) is 31.3. The lowest BCUT2D eigenvalue weighted by Crippen LogP contribution is -2.58. The number of nitrogens with one attached hydrogen (secondary N) is 7. The zero-order chi connectivity index (χ0) is 61.4. The van der Waals surface area contributed by atoms with Crippen LogP contribution in [0.2, 0.25) is 0 Å². The molecule has 5 heterocycles. The number of morpholine rings is 2. The number of fused-ring (bicyclic) bond motifs is 1. The summed E-state index contributed by atoms with van der Waals surface area (Å²) in [6, 6.07) is 6.48. The summed E-state index contributed by atoms with van der Waals surface area (Å²) >= 11 is 0. The first-order valence-corrected chi connectivity index (χ1v) is 31.3. The molecule has 12 atom stereocenters. The minimum atomic E-state index is -1.17. The van der Waals surface area contributed by atoms with Crippen molar-refractivity contribution in [3.05, 3.63) is 59.2 Å². The minimum Gasteiger partial charge on any atom is -0.497 e. The van der Waals surface area contributed by atoms with Gasteiger partial charge in [0.25, 0.3) is 0 Å². The van der Waals surface area contributed by atoms with E-state index in [1.807, 2.05) is 21.9 Å². The van der Waals surface area contributed by atoms with Gasteiger partial charge in [0, 0.05) is 51.1 Å². The molecule has 3 saturated carbocycles. The number of epoxide rings is 2. The molecule has 24 nitrogen and oxygen atoms in total. The molecule has 2 aromatic rings. The number of amides is 7. The van der Waals surface area contributed by atoms with E-state index in [2.05, 4.69) is 37.2 Å². The maximum absolute atomic E-state index is 14.7. The van der Waals surface area contributed by atoms with Gasteiger partial charge in [0.15, 0.2) is 11.6 Å². The quantitative estimate of drug-likeness (QED) is 0.0567. The van der Waals surface area contributed by atoms with E-state index in [0.29, 0.717) is 99.9 Å². The highest BCUT2D eigenvalue weighted by Crippen LogP contribution is 2.47. The molecule has 7 N–H and O–H groups in total. The lowest BCUT2D eigenvalue weighted by molar-refractivity contribution is -0.135. The molecular formula is C63H87N9O15. The van der Waals surface area contributed by atoms with E-state index in [-0.39, 0.29) is 86.8 Å². The van der Waals surface area contributed by atoms with Crippen molar-refractivity contribution in [3.8, 4) is 11.5 Å². The Labute approximate surface area is 508 Å². The van der Waals surface area contributed by atoms with Crippen LogP contribution >= 0.6 is 0 Å². The summed E-state index contributed by atoms with van der Waals surface area (Å²) in [5.74, 6) is -1.46. The summed E-state index contributed by atoms with van der Waals surface area (Å²) in [6.07, 6.45) is 6.98. The molecule has 4 saturated heterocycles. The summed E-state index contributed by atoms with van der Waals surface area (Å²) < 4.78 is 32.9. The molecule has 8 aliphatic rings. The van der Waals surface area contributed by atoms with Gasteiger partial charge < -0.3 is 65.6 Å². The lowest BCUT2D eigenvalue weighted by atomic mass is 9.85. The third kappa shape index (κ3) is 17.2. The molecule has 7 fully saturated rings. The van der Waals surface area contributed by atoms with Gasteiger partial charge in [0.05, 0.1) is 71.9 Å². The molecular weight excluding hydrogens is 1120 g/mol. The van der Waals surface area contributed by atoms with Gasteiger partial charge >= 0.3 is 6.09 Å². The molecule has 3 aliphatic carbocycles. The SMILES string of the molecule is COc1ccc(CC(NC(=O)C(NC(=O)CN2CCOCC2)C2CC2)C(=O)NC(CC2CCC(C3CCC(CC(NC(=O)C(Cc4ccc5c(c4)CNC(=O)O5)NC(=O)C(C)NC(=O)CN4CCOCC4)C(=O)C4(C)CO4)C3)C2)C(=O)C2(C)CO2)cc1. The van der Waals surface area contributed by atoms with Gasteiger partial charge in [-0.25, -0.2) is 4.79 Å². The van der Waals surface area contributed by atoms with Gasteiger partial charge in [-0.2, -0.15) is 0 Å². The zero-order valence-electron chi connectivity index (χ0n) is 50.6. The summed E-state index contributed by atoms with van der Waals surface area (Å²) in [6.45, 7) is 10.4. The first-order chi connectivity index (χ1) is 41.8. The van der Waals surface area contributed by atoms with E-state index in [0.717, 1.165) is 56.9 Å². The number of nitrogens with zero attached hydrogens (tertiary/aromatic N) is 2. The standard InChI is InChI=1S/C63H87N9O15/c1-37(65-52(73)33-71-17-21-83-22-18-71)57(77)68-50(31-41-9-16-51-45(27-41)32-64-61(81)87-51)59(79)67-48(56(76)63(3)36-86-63)30-40-6-11-44(26-40)43-10-5-39(25-43)29-47(55(75)62(2)35-85-62)66-58(78)49(28-38-7-14-46(82-4)15-8-38)69-60(80)54(42-12-13-42)70-53(74)34-72-19-23-84-24-20-72/h7-9,14-16,27,37,39-40,42-44,47-50,54H,5-6,10-13,17-26,28-36H2,1-4H3,(H,64,81)(H,65,73)(H,66,78)(H,67,79)(H,68,77)(H,69,80)(H,70,74). The molecule has 0 bridgehead atoms. The summed E-state index contributed by atoms with van der Waals surface area (Å²) in [5, 5.41) is 20.4. The lowest BCUT2D eigenvalue weighted by Gasteiger charge is -2.28. The van der Waals surface area contributed by atoms with E-state index in [4.69, 9.17) is 28.4 Å². The Balaban J connectivity index is 0.780. The van der Waals surface area contributed by atoms with Crippen LogP contribution in [0.1, 0.15) is 102 Å². The average molecular weight is 1210 g/mol. The number of rotatable bonds is 29. The Hall–Kier alpha value is -6.57. The van der Waals surface area contributed by atoms with Crippen LogP contribution in [0.4, 0.5) is 4.79 Å². The Morgan fingerprint density at radius 3 is 1.60 bits per heavy atom. The van der Waals surface area contributed by atoms with Crippen LogP contribution in [0.25, 0.3) is 0 Å². The highest BCUT2D eigenvalue weighted by atomic mass is 16.6. The second-order valence-electron chi connectivity index (χ2n) is 25.8. The third-order valence-electron chi connectivity index (χ3n) is 18.9. The predicted octanol–water partition coefficient (Wildman–Crippen LogP) is 1.41.